The van der Waals surface area contributed by atoms with E-state index in [1.165, 1.54) is 37.3 Å². The van der Waals surface area contributed by atoms with Crippen molar-refractivity contribution in [2.75, 3.05) is 19.8 Å². The van der Waals surface area contributed by atoms with Gasteiger partial charge in [-0.05, 0) is 42.7 Å². The molecule has 3 heterocycles. The molecule has 17 atom stereocenters. The molecular formula is C70H89BrN16O23. The van der Waals surface area contributed by atoms with E-state index in [9.17, 15) is 113 Å². The monoisotopic (exact) mass is 1600 g/mol. The molecule has 0 saturated carbocycles. The third-order valence-corrected chi connectivity index (χ3v) is 17.9. The number of amides is 14. The molecule has 40 heteroatoms. The molecule has 0 spiro atoms. The largest absolute Gasteiger partial charge is 0.480 e. The van der Waals surface area contributed by atoms with E-state index >= 15 is 0 Å². The van der Waals surface area contributed by atoms with Crippen molar-refractivity contribution in [1.29, 1.82) is 0 Å². The lowest BCUT2D eigenvalue weighted by molar-refractivity contribution is -0.144. The van der Waals surface area contributed by atoms with E-state index in [-0.39, 0.29) is 12.1 Å². The molecule has 1 unspecified atom stereocenters. The summed E-state index contributed by atoms with van der Waals surface area (Å²) in [6, 6.07) is 0.335. The number of nitrogens with one attached hydrogen (secondary N) is 12. The van der Waals surface area contributed by atoms with Crippen LogP contribution >= 0.6 is 15.9 Å². The van der Waals surface area contributed by atoms with Crippen molar-refractivity contribution in [2.24, 2.45) is 11.5 Å². The number of rotatable bonds is 16. The lowest BCUT2D eigenvalue weighted by Gasteiger charge is -2.30. The zero-order valence-corrected chi connectivity index (χ0v) is 61.1. The number of nitrogens with two attached hydrogens (primary N) is 2. The van der Waals surface area contributed by atoms with Crippen LogP contribution in [0.1, 0.15) is 74.8 Å². The number of aliphatic carboxylic acids is 1. The number of aliphatic hydroxyl groups is 7. The molecule has 0 radical (unpaired) electrons. The van der Waals surface area contributed by atoms with Crippen LogP contribution in [0.4, 0.5) is 0 Å². The maximum Gasteiger partial charge on any atom is 0.326 e. The number of nitrogens with zero attached hydrogens (tertiary/aromatic N) is 2. The Balaban J connectivity index is 1.51. The highest BCUT2D eigenvalue weighted by molar-refractivity contribution is 9.10. The average Bonchev–Trinajstić information content (AvgIpc) is 0.883. The van der Waals surface area contributed by atoms with Crippen molar-refractivity contribution in [2.45, 2.75) is 169 Å². The number of imidazole rings is 1. The second-order valence-electron chi connectivity index (χ2n) is 26.1. The first-order chi connectivity index (χ1) is 52.0. The van der Waals surface area contributed by atoms with Crippen molar-refractivity contribution < 1.29 is 113 Å². The van der Waals surface area contributed by atoms with E-state index in [1.807, 2.05) is 10.6 Å². The molecule has 0 aliphatic carbocycles. The van der Waals surface area contributed by atoms with E-state index in [1.54, 1.807) is 79.7 Å². The predicted octanol–water partition coefficient (Wildman–Crippen LogP) is -8.21. The number of benzene rings is 3. The lowest BCUT2D eigenvalue weighted by Crippen LogP contribution is -2.64. The van der Waals surface area contributed by atoms with Crippen molar-refractivity contribution >= 4 is 111 Å². The van der Waals surface area contributed by atoms with Crippen molar-refractivity contribution in [3.05, 3.63) is 142 Å². The normalized spacial score (nSPS) is 26.2. The van der Waals surface area contributed by atoms with Gasteiger partial charge >= 0.3 is 5.97 Å². The Morgan fingerprint density at radius 2 is 1.15 bits per heavy atom. The quantitative estimate of drug-likeness (QED) is 0.0463. The smallest absolute Gasteiger partial charge is 0.326 e. The minimum atomic E-state index is -2.71. The summed E-state index contributed by atoms with van der Waals surface area (Å²) in [5, 5.41) is 115. The highest BCUT2D eigenvalue weighted by Gasteiger charge is 2.42. The lowest BCUT2D eigenvalue weighted by atomic mass is 9.92. The molecule has 6 rings (SSSR count). The topological polar surface area (TPSA) is 632 Å². The molecule has 110 heavy (non-hydrogen) atoms. The number of hydrogen-bond donors (Lipinski definition) is 22. The molecule has 4 aromatic rings. The Morgan fingerprint density at radius 1 is 0.600 bits per heavy atom. The van der Waals surface area contributed by atoms with Gasteiger partial charge in [-0.2, -0.15) is 0 Å². The number of aromatic nitrogens is 2. The van der Waals surface area contributed by atoms with Gasteiger partial charge < -0.3 is 121 Å². The van der Waals surface area contributed by atoms with Crippen LogP contribution in [0.2, 0.25) is 0 Å². The van der Waals surface area contributed by atoms with Crippen LogP contribution in [0.25, 0.3) is 6.08 Å². The standard InChI is InChI=1S/C70H89BrN16O23/c1-33(14-15-36-10-6-4-7-11-36)20-50(92)42-26-54(96)77-48(30-88)64(103)82-47-29-87-28-40(75-32-87)22-44(61(100)85-56(35(3)90)68(107)83-49(31-89)65(104)79-43(60(99)78-42)21-37-12-8-5-9-13-37)76-53(95)24-41(91)23-46(70(109)110)81-66(105)51(93)27-74-67(106)55(34(2)38-16-18-39(71)19-17-38)84-69(108)57(58(97)59(73)98)86-62(101)45(25-52(72)94)80-63(47)102/h4-20,28,32,34-35,41-51,55-58,88-93,97H,21-27,29-31H2,1-3H3,(H2,72,94)(H2,73,98)(H,74,106)(H,76,95)(H,77,96)(H,78,99)(H,79,104)(H,80,102)(H,81,105)(H,82,103)(H,83,107)(H,84,108)(H,85,100)(H,86,101)(H,109,110)/t34-,35-,41+,42-,43-,44-,45-,46-,47+,48-,49-,50-,51-,55?,56-,57-,58+/m0/s1. The summed E-state index contributed by atoms with van der Waals surface area (Å²) in [5.41, 5.74) is 12.6. The molecule has 1 aromatic heterocycles. The number of allylic oxidation sites excluding steroid dienone is 2. The number of carbonyl (C=O) groups is 15. The zero-order chi connectivity index (χ0) is 81.2. The molecule has 24 N–H and O–H groups in total. The minimum absolute atomic E-state index is 0.229. The van der Waals surface area contributed by atoms with Crippen LogP contribution < -0.4 is 75.3 Å². The Kier molecular flexibility index (Phi) is 33.3. The highest BCUT2D eigenvalue weighted by atomic mass is 79.9. The average molecular weight is 1600 g/mol. The first-order valence-corrected chi connectivity index (χ1v) is 35.1. The molecular weight excluding hydrogens is 1510 g/mol. The summed E-state index contributed by atoms with van der Waals surface area (Å²) in [4.78, 5) is 215. The summed E-state index contributed by atoms with van der Waals surface area (Å²) >= 11 is 3.28. The van der Waals surface area contributed by atoms with Crippen molar-refractivity contribution in [3.63, 3.8) is 0 Å². The summed E-state index contributed by atoms with van der Waals surface area (Å²) in [7, 11) is 0. The molecule has 2 aliphatic heterocycles. The molecule has 39 nitrogen and oxygen atoms in total. The van der Waals surface area contributed by atoms with Crippen molar-refractivity contribution in [3.8, 4) is 0 Å². The first kappa shape index (κ1) is 87.5. The van der Waals surface area contributed by atoms with Gasteiger partial charge in [0, 0.05) is 42.3 Å². The number of hydrogen-bond acceptors (Lipinski definition) is 23. The molecule has 4 bridgehead atoms. The number of aliphatic hydroxyl groups excluding tert-OH is 7. The predicted molar refractivity (Wildman–Crippen MR) is 386 cm³/mol. The molecule has 3 aromatic carbocycles. The van der Waals surface area contributed by atoms with Gasteiger partial charge in [-0.15, -0.1) is 0 Å². The molecule has 0 saturated heterocycles. The van der Waals surface area contributed by atoms with Gasteiger partial charge in [0.2, 0.25) is 76.8 Å². The van der Waals surface area contributed by atoms with Gasteiger partial charge in [-0.1, -0.05) is 119 Å². The van der Waals surface area contributed by atoms with Crippen LogP contribution in [0, 0.1) is 0 Å². The van der Waals surface area contributed by atoms with Gasteiger partial charge in [-0.3, -0.25) is 67.1 Å². The number of halogens is 1. The highest BCUT2D eigenvalue weighted by Crippen LogP contribution is 2.23. The fraction of sp³-hybridized carbons (Fsp3) is 0.429. The number of fused-ring (bicyclic) bond motifs is 2. The van der Waals surface area contributed by atoms with Gasteiger partial charge in [0.05, 0.1) is 75.5 Å². The van der Waals surface area contributed by atoms with Crippen LogP contribution in [-0.2, 0) is 91.3 Å². The fourth-order valence-electron chi connectivity index (χ4n) is 11.3. The van der Waals surface area contributed by atoms with E-state index in [0.717, 1.165) is 29.6 Å². The Morgan fingerprint density at radius 3 is 1.77 bits per heavy atom. The van der Waals surface area contributed by atoms with E-state index in [4.69, 9.17) is 11.5 Å². The van der Waals surface area contributed by atoms with Crippen LogP contribution in [0.5, 0.6) is 0 Å². The number of carboxylic acids is 1. The second kappa shape index (κ2) is 41.8. The summed E-state index contributed by atoms with van der Waals surface area (Å²) in [6.45, 7) is -0.428. The minimum Gasteiger partial charge on any atom is -0.480 e. The maximum atomic E-state index is 14.9. The SMILES string of the molecule is CC(C=Cc1ccccc1)=C[C@H](O)[C@@H]1CC(=O)N[C@@H](CO)C(=O)N[C@@H]2Cn3cnc(c3)C[C@H](NC(=O)C[C@H](O)C[C@@H](C(=O)O)NC(=O)[C@@H](O)CNC(=O)C([C@@H](C)c3ccc(Br)cc3)NC(=O)[C@H]([C@@H](O)C(N)=O)NC(=O)[C@H](CC(N)=O)NC2=O)C(=O)N[C@@H]([C@H](C)O)C(=O)N[C@@H](CO)C(=O)N[C@@H](Cc2ccccc2)C(=O)N1. The van der Waals surface area contributed by atoms with Crippen molar-refractivity contribution in [1.82, 2.24) is 73.4 Å². The summed E-state index contributed by atoms with van der Waals surface area (Å²) in [6.07, 6.45) is -9.55. The molecule has 14 amide bonds. The number of β-amino-alcohol motifs (C(OH)–C–C–N with tert-alkyl or cyclic N) is 1. The number of carbonyl (C=O) groups excluding carboxylic acids is 14. The third-order valence-electron chi connectivity index (χ3n) is 17.3. The van der Waals surface area contributed by atoms with Gasteiger partial charge in [0.15, 0.2) is 6.10 Å². The maximum absolute atomic E-state index is 14.9. The van der Waals surface area contributed by atoms with Gasteiger partial charge in [0.25, 0.3) is 5.91 Å². The van der Waals surface area contributed by atoms with Crippen LogP contribution in [-0.4, -0.2) is 256 Å². The van der Waals surface area contributed by atoms with E-state index < -0.39 is 250 Å². The van der Waals surface area contributed by atoms with E-state index in [2.05, 4.69) is 74.1 Å². The number of carboxylic acid groups (broad SMARTS) is 1. The Bertz CT molecular complexity index is 4040. The summed E-state index contributed by atoms with van der Waals surface area (Å²) < 4.78 is 1.58. The summed E-state index contributed by atoms with van der Waals surface area (Å²) in [5.74, 6) is -22.3. The van der Waals surface area contributed by atoms with Gasteiger partial charge in [-0.25, -0.2) is 9.78 Å². The molecule has 2 aliphatic rings. The fourth-order valence-corrected chi connectivity index (χ4v) is 11.6. The third kappa shape index (κ3) is 26.8. The first-order valence-electron chi connectivity index (χ1n) is 34.3. The van der Waals surface area contributed by atoms with Crippen LogP contribution in [0.15, 0.2) is 120 Å². The zero-order valence-electron chi connectivity index (χ0n) is 59.5. The Hall–Kier alpha value is -11.4. The van der Waals surface area contributed by atoms with E-state index in [0.29, 0.717) is 21.2 Å². The van der Waals surface area contributed by atoms with Gasteiger partial charge in [0.1, 0.15) is 66.5 Å². The Labute approximate surface area is 636 Å². The second-order valence-corrected chi connectivity index (χ2v) is 27.0. The molecule has 594 valence electrons. The number of primary amides is 2. The van der Waals surface area contributed by atoms with Crippen LogP contribution in [0.3, 0.4) is 0 Å². The molecule has 0 fully saturated rings.